The molecule has 0 radical (unpaired) electrons. The summed E-state index contributed by atoms with van der Waals surface area (Å²) in [5, 5.41) is 7.79. The number of nitrogens with zero attached hydrogens (tertiary/aromatic N) is 4. The zero-order valence-corrected chi connectivity index (χ0v) is 31.3. The standard InChI is InChI=1S/C40H43N7O7S/c1-24-21-42-33(22-41-24)35(48)43-32-16-6-4-2-3-5-11-25-20-40(25,39(51)46-55(52,53)27-17-18-27)45-36(49)34-19-26(23-47(34)38(32)50)54-37-30-14-8-7-12-28(30)29-13-9-10-15-31(29)44-37/h5,7-15,21-22,25-27,32,34H,2-4,6,16-20,23H2,1H3,(H,43,48)(H,45,49)(H,46,51)/b11-5-/t25-,26-,32?,34+,40-/m1/s1. The van der Waals surface area contributed by atoms with E-state index in [0.717, 1.165) is 34.5 Å². The van der Waals surface area contributed by atoms with Crippen LogP contribution in [-0.2, 0) is 24.4 Å². The number of amides is 4. The van der Waals surface area contributed by atoms with Crippen molar-refractivity contribution >= 4 is 55.3 Å². The molecule has 1 unspecified atom stereocenters. The smallest absolute Gasteiger partial charge is 0.272 e. The number of hydrogen-bond acceptors (Lipinski definition) is 10. The van der Waals surface area contributed by atoms with Gasteiger partial charge >= 0.3 is 0 Å². The number of fused-ring (bicyclic) bond motifs is 5. The molecular formula is C40H43N7O7S. The SMILES string of the molecule is Cc1cnc(C(=O)NC2CCCCC/C=C\[C@@H]3C[C@@]3(C(=O)NS(=O)(=O)C3CC3)NC(=O)[C@@H]3C[C@@H](Oc4nc5ccccc5c5ccccc45)CN3C2=O)cn1. The van der Waals surface area contributed by atoms with Crippen LogP contribution in [0.5, 0.6) is 5.88 Å². The molecule has 0 spiro atoms. The molecule has 55 heavy (non-hydrogen) atoms. The number of hydrogen-bond donors (Lipinski definition) is 3. The third-order valence-corrected chi connectivity index (χ3v) is 12.8. The Balaban J connectivity index is 1.12. The molecule has 2 aliphatic carbocycles. The average molecular weight is 766 g/mol. The molecule has 5 atom stereocenters. The van der Waals surface area contributed by atoms with Gasteiger partial charge in [0.25, 0.3) is 11.8 Å². The predicted molar refractivity (Wildman–Crippen MR) is 203 cm³/mol. The highest BCUT2D eigenvalue weighted by molar-refractivity contribution is 7.91. The Labute approximate surface area is 318 Å². The maximum Gasteiger partial charge on any atom is 0.272 e. The number of pyridine rings is 1. The van der Waals surface area contributed by atoms with E-state index in [-0.39, 0.29) is 25.1 Å². The van der Waals surface area contributed by atoms with Crippen LogP contribution in [0.25, 0.3) is 21.7 Å². The molecule has 286 valence electrons. The van der Waals surface area contributed by atoms with Gasteiger partial charge in [-0.05, 0) is 63.0 Å². The summed E-state index contributed by atoms with van der Waals surface area (Å²) in [7, 11) is -3.89. The van der Waals surface area contributed by atoms with Crippen LogP contribution >= 0.6 is 0 Å². The Morgan fingerprint density at radius 3 is 2.47 bits per heavy atom. The Kier molecular flexibility index (Phi) is 9.74. The highest BCUT2D eigenvalue weighted by Gasteiger charge is 2.62. The minimum atomic E-state index is -3.89. The van der Waals surface area contributed by atoms with Crippen LogP contribution in [0.1, 0.15) is 74.0 Å². The van der Waals surface area contributed by atoms with Crippen LogP contribution in [0.4, 0.5) is 0 Å². The molecule has 4 aliphatic rings. The van der Waals surface area contributed by atoms with Gasteiger partial charge in [0.2, 0.25) is 27.7 Å². The number of para-hydroxylation sites is 1. The van der Waals surface area contributed by atoms with Crippen molar-refractivity contribution < 1.29 is 32.3 Å². The first-order chi connectivity index (χ1) is 26.5. The van der Waals surface area contributed by atoms with Crippen LogP contribution in [0.15, 0.2) is 73.1 Å². The first-order valence-electron chi connectivity index (χ1n) is 18.9. The van der Waals surface area contributed by atoms with Crippen molar-refractivity contribution in [3.63, 3.8) is 0 Å². The second kappa shape index (κ2) is 14.7. The number of carbonyl (C=O) groups is 4. The highest BCUT2D eigenvalue weighted by Crippen LogP contribution is 2.46. The highest BCUT2D eigenvalue weighted by atomic mass is 32.2. The van der Waals surface area contributed by atoms with Gasteiger partial charge in [0.1, 0.15) is 29.4 Å². The molecule has 15 heteroatoms. The molecule has 2 aromatic heterocycles. The minimum Gasteiger partial charge on any atom is -0.472 e. The van der Waals surface area contributed by atoms with Gasteiger partial charge in [0.15, 0.2) is 0 Å². The van der Waals surface area contributed by atoms with Gasteiger partial charge in [0, 0.05) is 29.3 Å². The number of carbonyl (C=O) groups excluding carboxylic acids is 4. The van der Waals surface area contributed by atoms with Crippen molar-refractivity contribution in [1.29, 1.82) is 0 Å². The second-order valence-electron chi connectivity index (χ2n) is 15.0. The van der Waals surface area contributed by atoms with Crippen LogP contribution in [0.3, 0.4) is 0 Å². The number of sulfonamides is 1. The lowest BCUT2D eigenvalue weighted by molar-refractivity contribution is -0.141. The first-order valence-corrected chi connectivity index (χ1v) is 20.5. The predicted octanol–water partition coefficient (Wildman–Crippen LogP) is 3.64. The van der Waals surface area contributed by atoms with Crippen molar-refractivity contribution in [1.82, 2.24) is 35.2 Å². The fourth-order valence-corrected chi connectivity index (χ4v) is 9.07. The lowest BCUT2D eigenvalue weighted by Gasteiger charge is -2.29. The first kappa shape index (κ1) is 36.5. The van der Waals surface area contributed by atoms with Crippen molar-refractivity contribution in [2.45, 2.75) is 93.7 Å². The largest absolute Gasteiger partial charge is 0.472 e. The van der Waals surface area contributed by atoms with Crippen LogP contribution in [-0.4, -0.2) is 87.4 Å². The lowest BCUT2D eigenvalue weighted by atomic mass is 10.0. The third kappa shape index (κ3) is 7.49. The van der Waals surface area contributed by atoms with E-state index in [2.05, 4.69) is 25.3 Å². The van der Waals surface area contributed by atoms with E-state index in [4.69, 9.17) is 9.72 Å². The summed E-state index contributed by atoms with van der Waals surface area (Å²) in [6, 6.07) is 13.3. The number of rotatable bonds is 7. The number of nitrogens with one attached hydrogen (secondary N) is 3. The Hall–Kier alpha value is -5.44. The molecule has 4 aromatic rings. The normalized spacial score (nSPS) is 26.5. The van der Waals surface area contributed by atoms with Gasteiger partial charge in [-0.15, -0.1) is 0 Å². The van der Waals surface area contributed by atoms with Crippen molar-refractivity contribution in [2.75, 3.05) is 6.54 Å². The van der Waals surface area contributed by atoms with E-state index < -0.39 is 68.5 Å². The summed E-state index contributed by atoms with van der Waals surface area (Å²) in [5.41, 5.74) is -0.0889. The Bertz CT molecular complexity index is 2310. The number of ether oxygens (including phenoxy) is 1. The van der Waals surface area contributed by atoms with Gasteiger partial charge in [-0.25, -0.2) is 18.4 Å². The van der Waals surface area contributed by atoms with Gasteiger partial charge < -0.3 is 20.3 Å². The summed E-state index contributed by atoms with van der Waals surface area (Å²) in [6.07, 6.45) is 10.4. The summed E-state index contributed by atoms with van der Waals surface area (Å²) < 4.78 is 34.6. The van der Waals surface area contributed by atoms with Crippen LogP contribution in [0.2, 0.25) is 0 Å². The van der Waals surface area contributed by atoms with E-state index >= 15 is 0 Å². The van der Waals surface area contributed by atoms with Crippen molar-refractivity contribution in [3.05, 3.63) is 84.5 Å². The zero-order valence-electron chi connectivity index (χ0n) is 30.4. The maximum absolute atomic E-state index is 14.6. The van der Waals surface area contributed by atoms with Crippen LogP contribution in [0, 0.1) is 12.8 Å². The van der Waals surface area contributed by atoms with E-state index in [0.29, 0.717) is 43.7 Å². The van der Waals surface area contributed by atoms with Gasteiger partial charge in [-0.1, -0.05) is 61.4 Å². The third-order valence-electron chi connectivity index (χ3n) is 11.0. The maximum atomic E-state index is 14.6. The molecule has 2 aliphatic heterocycles. The quantitative estimate of drug-likeness (QED) is 0.185. The zero-order chi connectivity index (χ0) is 38.3. The monoisotopic (exact) mass is 765 g/mol. The Morgan fingerprint density at radius 1 is 0.945 bits per heavy atom. The molecule has 14 nitrogen and oxygen atoms in total. The van der Waals surface area contributed by atoms with E-state index in [1.165, 1.54) is 17.3 Å². The molecule has 2 aromatic carbocycles. The van der Waals surface area contributed by atoms with Crippen molar-refractivity contribution in [2.24, 2.45) is 5.92 Å². The van der Waals surface area contributed by atoms with Crippen molar-refractivity contribution in [3.8, 4) is 5.88 Å². The molecule has 2 saturated carbocycles. The lowest BCUT2D eigenvalue weighted by Crippen LogP contribution is -2.58. The van der Waals surface area contributed by atoms with Crippen LogP contribution < -0.4 is 20.1 Å². The van der Waals surface area contributed by atoms with E-state index in [1.807, 2.05) is 60.7 Å². The summed E-state index contributed by atoms with van der Waals surface area (Å²) in [6.45, 7) is 1.75. The molecule has 1 saturated heterocycles. The molecule has 3 fully saturated rings. The van der Waals surface area contributed by atoms with Gasteiger partial charge in [0.05, 0.1) is 29.2 Å². The Morgan fingerprint density at radius 2 is 1.71 bits per heavy atom. The second-order valence-corrected chi connectivity index (χ2v) is 17.0. The number of aryl methyl sites for hydroxylation is 1. The topological polar surface area (TPSA) is 190 Å². The number of benzene rings is 2. The van der Waals surface area contributed by atoms with Gasteiger partial charge in [-0.2, -0.15) is 0 Å². The molecule has 4 heterocycles. The summed E-state index contributed by atoms with van der Waals surface area (Å²) >= 11 is 0. The summed E-state index contributed by atoms with van der Waals surface area (Å²) in [4.78, 5) is 70.9. The number of aromatic nitrogens is 3. The summed E-state index contributed by atoms with van der Waals surface area (Å²) in [5.74, 6) is -2.52. The fraction of sp³-hybridized carbons (Fsp3) is 0.425. The van der Waals surface area contributed by atoms with E-state index in [1.54, 1.807) is 6.92 Å². The molecule has 8 rings (SSSR count). The van der Waals surface area contributed by atoms with E-state index in [9.17, 15) is 27.6 Å². The molecule has 0 bridgehead atoms. The fourth-order valence-electron chi connectivity index (χ4n) is 7.71. The molecule has 4 amide bonds. The average Bonchev–Trinajstić information content (AvgIpc) is 4.11. The molecule has 3 N–H and O–H groups in total. The van der Waals surface area contributed by atoms with Gasteiger partial charge in [-0.3, -0.25) is 28.9 Å². The minimum absolute atomic E-state index is 0.00491. The number of allylic oxidation sites excluding steroid dienone is 1. The molecular weight excluding hydrogens is 723 g/mol.